The number of primary amides is 6. The summed E-state index contributed by atoms with van der Waals surface area (Å²) in [4.78, 5) is 117. The maximum atomic E-state index is 13.4. The van der Waals surface area contributed by atoms with Crippen LogP contribution in [0, 0.1) is 52.3 Å². The van der Waals surface area contributed by atoms with E-state index in [4.69, 9.17) is 65.2 Å². The monoisotopic (exact) mass is 1180 g/mol. The fourth-order valence-corrected chi connectivity index (χ4v) is 13.8. The zero-order valence-corrected chi connectivity index (χ0v) is 48.5. The van der Waals surface area contributed by atoms with E-state index in [1.807, 2.05) is 54.5 Å². The molecule has 26 nitrogen and oxygen atoms in total. The molecule has 1 radical (unpaired) electrons. The van der Waals surface area contributed by atoms with Gasteiger partial charge >= 0.3 is 0 Å². The smallest absolute Gasteiger partial charge is 0.218 e. The summed E-state index contributed by atoms with van der Waals surface area (Å²) >= 11 is 0. The number of ether oxygens (including phenoxy) is 1. The number of imidazole rings is 1. The van der Waals surface area contributed by atoms with Gasteiger partial charge in [0.25, 0.3) is 0 Å². The molecule has 8 rings (SSSR count). The standard InChI is InChI=1S/C45H66N10O8.C10H12N5O3.Co/c1-21-36-24(10-13-30(47)57)41(3,4)28(53-36)18-27-23(9-12-29(46)56)43(6,19-33(50)60)39(52-27)22(2)37-25(11-14-31(48)58)44(7,20-34(51)61)45(8,55-37)40-26(17-32(49)59)42(5,38(21)54-40)16-15-35(62)63;1-4-6(16)7(17)10(18-4)15-3-14-5-8(11)12-2-13-9(5)15;/h18,23-26,40H,9-17,19-20H2,1-8H3,(H14,46,47,48,49,50,51,52,53,54,55,56,57,58,59,60,61,62,63);2-4,6-7,10,16-17H,1H2,(H2,11,12,13);/q;-1;/p-2/t23-,24-,25-,26+,40-,42-,43+,44+,45+;4-,6-,7-,10-;/m11./s1. The van der Waals surface area contributed by atoms with Crippen LogP contribution in [0.5, 0.6) is 0 Å². The van der Waals surface area contributed by atoms with Gasteiger partial charge in [-0.3, -0.25) is 48.3 Å². The fraction of sp³-hybridized carbons (Fsp3) is 0.600. The number of rotatable bonds is 19. The van der Waals surface area contributed by atoms with Crippen molar-refractivity contribution >= 4 is 75.5 Å². The number of aliphatic hydroxyl groups is 2. The minimum atomic E-state index is -1.42. The predicted molar refractivity (Wildman–Crippen MR) is 295 cm³/mol. The molecule has 2 fully saturated rings. The minimum Gasteiger partial charge on any atom is -0.682 e. The van der Waals surface area contributed by atoms with Gasteiger partial charge in [-0.05, 0) is 87.5 Å². The van der Waals surface area contributed by atoms with Gasteiger partial charge in [0.1, 0.15) is 17.9 Å². The van der Waals surface area contributed by atoms with Crippen molar-refractivity contribution in [3.05, 3.63) is 59.2 Å². The summed E-state index contributed by atoms with van der Waals surface area (Å²) in [6.45, 7) is 18.5. The first-order valence-corrected chi connectivity index (χ1v) is 26.9. The molecule has 0 aliphatic carbocycles. The Labute approximate surface area is 485 Å². The first-order chi connectivity index (χ1) is 37.6. The minimum absolute atomic E-state index is 0. The SMILES string of the molecule is C/C1=C2/[N-][C@H]([C@H](CC(N)=O)[C@@]2(C)CCC(=O)[O-])[C@]2(C)N=C(/C(C)=C3N=C(/C=C4N=C1[C@@H](CCC(N)=O)C\4(C)C)[C@@H](CCC(N)=O)[C@]\3(C)CC(N)=O)[C@@H](CCC(N)=O)[C@]2(C)CC(N)=O.[CH2-][C@H]1O[C@@H](n2cnc3c(N)ncnc32)[C@H](O)[C@@H]1O.[Co]. The summed E-state index contributed by atoms with van der Waals surface area (Å²) in [5.74, 6) is -7.33. The number of nitrogens with two attached hydrogens (primary N) is 7. The topological polar surface area (TPSA) is 469 Å². The van der Waals surface area contributed by atoms with E-state index < -0.39 is 129 Å². The zero-order chi connectivity index (χ0) is 60.2. The third kappa shape index (κ3) is 11.6. The van der Waals surface area contributed by atoms with Crippen molar-refractivity contribution in [1.82, 2.24) is 19.5 Å². The number of aliphatic hydroxyl groups excluding tert-OH is 2. The van der Waals surface area contributed by atoms with Gasteiger partial charge in [-0.1, -0.05) is 40.7 Å². The molecule has 0 spiro atoms. The Balaban J connectivity index is 0.000000477. The van der Waals surface area contributed by atoms with Crippen molar-refractivity contribution in [2.24, 2.45) is 94.7 Å². The molecule has 0 aromatic carbocycles. The number of amides is 6. The van der Waals surface area contributed by atoms with Crippen molar-refractivity contribution in [3.8, 4) is 0 Å². The van der Waals surface area contributed by atoms with Crippen LogP contribution in [0.3, 0.4) is 0 Å². The Morgan fingerprint density at radius 1 is 0.732 bits per heavy atom. The average molecular weight is 1180 g/mol. The number of aliphatic carboxylic acids is 1. The van der Waals surface area contributed by atoms with Gasteiger partial charge in [0.15, 0.2) is 17.7 Å². The summed E-state index contributed by atoms with van der Waals surface area (Å²) in [6, 6.07) is -0.959. The largest absolute Gasteiger partial charge is 0.682 e. The molecule has 6 aliphatic heterocycles. The molecule has 13 atom stereocenters. The van der Waals surface area contributed by atoms with Crippen LogP contribution < -0.4 is 45.2 Å². The summed E-state index contributed by atoms with van der Waals surface area (Å²) in [5, 5.41) is 37.3. The predicted octanol–water partition coefficient (Wildman–Crippen LogP) is 0.632. The van der Waals surface area contributed by atoms with E-state index in [1.165, 1.54) is 17.2 Å². The molecule has 0 unspecified atom stereocenters. The van der Waals surface area contributed by atoms with E-state index in [0.717, 1.165) is 0 Å². The number of carbonyl (C=O) groups excluding carboxylic acids is 7. The van der Waals surface area contributed by atoms with Crippen LogP contribution in [0.4, 0.5) is 5.82 Å². The van der Waals surface area contributed by atoms with E-state index in [1.54, 1.807) is 6.92 Å². The average Bonchev–Trinajstić information content (AvgIpc) is 2.58. The third-order valence-electron chi connectivity index (χ3n) is 18.4. The van der Waals surface area contributed by atoms with Gasteiger partial charge in [-0.25, -0.2) is 15.0 Å². The number of nitrogen functional groups attached to an aromatic ring is 1. The molecule has 2 saturated heterocycles. The van der Waals surface area contributed by atoms with Gasteiger partial charge in [0, 0.05) is 118 Å². The molecule has 2 aromatic heterocycles. The maximum Gasteiger partial charge on any atom is 0.218 e. The van der Waals surface area contributed by atoms with Crippen LogP contribution in [-0.2, 0) is 55.1 Å². The van der Waals surface area contributed by atoms with Crippen LogP contribution in [0.1, 0.15) is 132 Å². The van der Waals surface area contributed by atoms with E-state index in [2.05, 4.69) is 21.9 Å². The molecule has 82 heavy (non-hydrogen) atoms. The number of carboxylic acids is 1. The third-order valence-corrected chi connectivity index (χ3v) is 18.4. The quantitative estimate of drug-likeness (QED) is 0.0872. The second-order valence-electron chi connectivity index (χ2n) is 23.9. The van der Waals surface area contributed by atoms with Gasteiger partial charge in [0.2, 0.25) is 35.4 Å². The Bertz CT molecular complexity index is 3150. The van der Waals surface area contributed by atoms with Crippen LogP contribution in [0.2, 0.25) is 0 Å². The number of hydrogen-bond acceptors (Lipinski definition) is 18. The molecule has 449 valence electrons. The summed E-state index contributed by atoms with van der Waals surface area (Å²) in [5.41, 5.74) is 40.2. The molecule has 8 bridgehead atoms. The van der Waals surface area contributed by atoms with Crippen molar-refractivity contribution in [3.63, 3.8) is 0 Å². The van der Waals surface area contributed by atoms with Crippen LogP contribution in [0.25, 0.3) is 16.5 Å². The number of hydrogen-bond donors (Lipinski definition) is 9. The Morgan fingerprint density at radius 3 is 1.85 bits per heavy atom. The van der Waals surface area contributed by atoms with Gasteiger partial charge in [-0.15, -0.1) is 0 Å². The van der Waals surface area contributed by atoms with Crippen LogP contribution in [0.15, 0.2) is 61.9 Å². The van der Waals surface area contributed by atoms with Crippen molar-refractivity contribution < 1.29 is 70.4 Å². The Hall–Kier alpha value is -6.94. The summed E-state index contributed by atoms with van der Waals surface area (Å²) < 4.78 is 6.90. The second kappa shape index (κ2) is 23.7. The second-order valence-corrected chi connectivity index (χ2v) is 23.9. The molecule has 8 heterocycles. The molecule has 27 heteroatoms. The maximum absolute atomic E-state index is 13.4. The number of aromatic nitrogens is 4. The number of carbonyl (C=O) groups is 7. The zero-order valence-electron chi connectivity index (χ0n) is 47.4. The van der Waals surface area contributed by atoms with Gasteiger partial charge in [0.05, 0.1) is 23.7 Å². The fourth-order valence-electron chi connectivity index (χ4n) is 13.8. The number of allylic oxidation sites excluding steroid dienone is 6. The molecule has 2 aromatic rings. The Morgan fingerprint density at radius 2 is 1.32 bits per heavy atom. The van der Waals surface area contributed by atoms with E-state index in [-0.39, 0.29) is 86.8 Å². The normalized spacial score (nSPS) is 34.8. The van der Waals surface area contributed by atoms with Crippen LogP contribution >= 0.6 is 0 Å². The van der Waals surface area contributed by atoms with Crippen molar-refractivity contribution in [2.75, 3.05) is 5.73 Å². The van der Waals surface area contributed by atoms with Gasteiger partial charge < -0.3 is 77.2 Å². The van der Waals surface area contributed by atoms with E-state index >= 15 is 0 Å². The van der Waals surface area contributed by atoms with Crippen LogP contribution in [-0.4, -0.2) is 118 Å². The summed E-state index contributed by atoms with van der Waals surface area (Å²) in [6.07, 6.45) is 0.209. The molecule has 0 saturated carbocycles. The number of anilines is 1. The molecule has 16 N–H and O–H groups in total. The molecule has 6 aliphatic rings. The first-order valence-electron chi connectivity index (χ1n) is 26.9. The van der Waals surface area contributed by atoms with E-state index in [9.17, 15) is 48.9 Å². The van der Waals surface area contributed by atoms with Crippen molar-refractivity contribution in [1.29, 1.82) is 0 Å². The number of aliphatic imine (C=N–C) groups is 3. The molecule has 6 amide bonds. The number of nitrogens with zero attached hydrogens (tertiary/aromatic N) is 8. The summed E-state index contributed by atoms with van der Waals surface area (Å²) in [7, 11) is 0. The van der Waals surface area contributed by atoms with E-state index in [0.29, 0.717) is 56.5 Å². The van der Waals surface area contributed by atoms with Crippen molar-refractivity contribution in [2.45, 2.75) is 162 Å². The first kappa shape index (κ1) is 64.2. The molecular weight excluding hydrogens is 1110 g/mol. The number of fused-ring (bicyclic) bond motifs is 7. The van der Waals surface area contributed by atoms with Gasteiger partial charge in [-0.2, -0.15) is 5.70 Å². The Kier molecular flexibility index (Phi) is 18.6. The number of carboxylic acid groups (broad SMARTS) is 1. The molecular formula is C55H76CoN15O11-3.